The zero-order valence-corrected chi connectivity index (χ0v) is 14.6. The van der Waals surface area contributed by atoms with Gasteiger partial charge in [0.1, 0.15) is 0 Å². The molecule has 1 aliphatic rings. The van der Waals surface area contributed by atoms with Crippen LogP contribution in [-0.2, 0) is 11.2 Å². The quantitative estimate of drug-likeness (QED) is 0.860. The van der Waals surface area contributed by atoms with Crippen LogP contribution < -0.4 is 10.2 Å². The number of anilines is 1. The van der Waals surface area contributed by atoms with Crippen LogP contribution in [0.2, 0.25) is 0 Å². The summed E-state index contributed by atoms with van der Waals surface area (Å²) in [6.07, 6.45) is 13.0. The predicted octanol–water partition coefficient (Wildman–Crippen LogP) is 1.62. The van der Waals surface area contributed by atoms with E-state index in [0.717, 1.165) is 44.3 Å². The lowest BCUT2D eigenvalue weighted by atomic mass is 9.75. The molecule has 0 bridgehead atoms. The van der Waals surface area contributed by atoms with E-state index in [9.17, 15) is 4.79 Å². The van der Waals surface area contributed by atoms with E-state index in [-0.39, 0.29) is 5.91 Å². The minimum absolute atomic E-state index is 0.104. The number of hydrogen-bond acceptors (Lipinski definition) is 6. The Kier molecular flexibility index (Phi) is 5.53. The Morgan fingerprint density at radius 1 is 1.24 bits per heavy atom. The van der Waals surface area contributed by atoms with E-state index >= 15 is 0 Å². The SMILES string of the molecule is CNC(=O)[C@@]1(CCCc2cnccn2)CCCN(c2ncccn2)C1. The van der Waals surface area contributed by atoms with Gasteiger partial charge < -0.3 is 10.2 Å². The summed E-state index contributed by atoms with van der Waals surface area (Å²) >= 11 is 0. The van der Waals surface area contributed by atoms with Crippen LogP contribution >= 0.6 is 0 Å². The molecular formula is C18H24N6O. The van der Waals surface area contributed by atoms with Gasteiger partial charge in [0.2, 0.25) is 11.9 Å². The van der Waals surface area contributed by atoms with Crippen molar-refractivity contribution in [3.8, 4) is 0 Å². The zero-order chi connectivity index (χ0) is 17.5. The van der Waals surface area contributed by atoms with Crippen molar-refractivity contribution in [2.24, 2.45) is 5.41 Å². The van der Waals surface area contributed by atoms with Crippen molar-refractivity contribution in [1.29, 1.82) is 0 Å². The van der Waals surface area contributed by atoms with Gasteiger partial charge in [-0.05, 0) is 38.2 Å². The lowest BCUT2D eigenvalue weighted by Crippen LogP contribution is -2.52. The first-order valence-electron chi connectivity index (χ1n) is 8.72. The first kappa shape index (κ1) is 17.3. The maximum Gasteiger partial charge on any atom is 0.227 e. The second-order valence-corrected chi connectivity index (χ2v) is 6.48. The van der Waals surface area contributed by atoms with Crippen LogP contribution in [0.25, 0.3) is 0 Å². The molecule has 1 aliphatic heterocycles. The number of amides is 1. The normalized spacial score (nSPS) is 20.3. The van der Waals surface area contributed by atoms with Gasteiger partial charge in [0.05, 0.1) is 11.1 Å². The molecule has 0 saturated carbocycles. The first-order chi connectivity index (χ1) is 12.2. The second kappa shape index (κ2) is 8.00. The smallest absolute Gasteiger partial charge is 0.227 e. The summed E-state index contributed by atoms with van der Waals surface area (Å²) in [7, 11) is 1.71. The predicted molar refractivity (Wildman–Crippen MR) is 94.9 cm³/mol. The van der Waals surface area contributed by atoms with E-state index in [1.54, 1.807) is 44.1 Å². The van der Waals surface area contributed by atoms with Crippen LogP contribution in [0.5, 0.6) is 0 Å². The molecule has 0 spiro atoms. The van der Waals surface area contributed by atoms with Crippen LogP contribution in [0.15, 0.2) is 37.1 Å². The molecule has 2 aromatic heterocycles. The minimum Gasteiger partial charge on any atom is -0.359 e. The van der Waals surface area contributed by atoms with E-state index in [2.05, 4.69) is 30.2 Å². The van der Waals surface area contributed by atoms with Gasteiger partial charge in [-0.25, -0.2) is 9.97 Å². The lowest BCUT2D eigenvalue weighted by molar-refractivity contribution is -0.131. The molecule has 25 heavy (non-hydrogen) atoms. The largest absolute Gasteiger partial charge is 0.359 e. The molecule has 1 saturated heterocycles. The van der Waals surface area contributed by atoms with E-state index in [1.165, 1.54) is 0 Å². The number of aryl methyl sites for hydroxylation is 1. The molecule has 2 aromatic rings. The van der Waals surface area contributed by atoms with Crippen molar-refractivity contribution < 1.29 is 4.79 Å². The molecule has 1 fully saturated rings. The molecule has 7 nitrogen and oxygen atoms in total. The summed E-state index contributed by atoms with van der Waals surface area (Å²) in [5.74, 6) is 0.802. The average Bonchev–Trinajstić information content (AvgIpc) is 2.69. The number of nitrogens with one attached hydrogen (secondary N) is 1. The lowest BCUT2D eigenvalue weighted by Gasteiger charge is -2.41. The average molecular weight is 340 g/mol. The summed E-state index contributed by atoms with van der Waals surface area (Å²) in [5, 5.41) is 2.86. The Morgan fingerprint density at radius 2 is 2.08 bits per heavy atom. The second-order valence-electron chi connectivity index (χ2n) is 6.48. The standard InChI is InChI=1S/C18H24N6O/c1-19-16(25)18(6-2-5-15-13-20-10-11-21-15)7-3-12-24(14-18)17-22-8-4-9-23-17/h4,8-11,13H,2-3,5-7,12,14H2,1H3,(H,19,25)/t18-/m0/s1. The highest BCUT2D eigenvalue weighted by atomic mass is 16.2. The molecule has 0 aromatic carbocycles. The fourth-order valence-corrected chi connectivity index (χ4v) is 3.59. The molecule has 1 atom stereocenters. The third kappa shape index (κ3) is 4.10. The van der Waals surface area contributed by atoms with Crippen LogP contribution in [0.4, 0.5) is 5.95 Å². The van der Waals surface area contributed by atoms with Crippen molar-refractivity contribution in [1.82, 2.24) is 25.3 Å². The number of rotatable bonds is 6. The molecule has 132 valence electrons. The number of piperidine rings is 1. The Morgan fingerprint density at radius 3 is 2.80 bits per heavy atom. The monoisotopic (exact) mass is 340 g/mol. The molecule has 7 heteroatoms. The highest BCUT2D eigenvalue weighted by molar-refractivity contribution is 5.83. The maximum atomic E-state index is 12.7. The van der Waals surface area contributed by atoms with Gasteiger partial charge in [0.25, 0.3) is 0 Å². The fourth-order valence-electron chi connectivity index (χ4n) is 3.59. The van der Waals surface area contributed by atoms with Crippen LogP contribution in [-0.4, -0.2) is 46.0 Å². The van der Waals surface area contributed by atoms with Crippen molar-refractivity contribution in [3.63, 3.8) is 0 Å². The Labute approximate surface area is 147 Å². The van der Waals surface area contributed by atoms with Crippen molar-refractivity contribution in [3.05, 3.63) is 42.7 Å². The van der Waals surface area contributed by atoms with Gasteiger partial charge in [-0.15, -0.1) is 0 Å². The van der Waals surface area contributed by atoms with Gasteiger partial charge >= 0.3 is 0 Å². The van der Waals surface area contributed by atoms with Crippen LogP contribution in [0, 0.1) is 5.41 Å². The maximum absolute atomic E-state index is 12.7. The number of carbonyl (C=O) groups is 1. The first-order valence-corrected chi connectivity index (χ1v) is 8.72. The highest BCUT2D eigenvalue weighted by Crippen LogP contribution is 2.36. The van der Waals surface area contributed by atoms with Gasteiger partial charge in [-0.1, -0.05) is 0 Å². The van der Waals surface area contributed by atoms with E-state index < -0.39 is 5.41 Å². The number of carbonyl (C=O) groups excluding carboxylic acids is 1. The Balaban J connectivity index is 1.70. The third-order valence-electron chi connectivity index (χ3n) is 4.83. The summed E-state index contributed by atoms with van der Waals surface area (Å²) in [4.78, 5) is 31.9. The molecule has 0 radical (unpaired) electrons. The van der Waals surface area contributed by atoms with Gasteiger partial charge in [-0.3, -0.25) is 14.8 Å². The van der Waals surface area contributed by atoms with Crippen molar-refractivity contribution in [2.45, 2.75) is 32.1 Å². The summed E-state index contributed by atoms with van der Waals surface area (Å²) in [6.45, 7) is 1.53. The number of hydrogen-bond donors (Lipinski definition) is 1. The molecule has 1 amide bonds. The number of aromatic nitrogens is 4. The van der Waals surface area contributed by atoms with Gasteiger partial charge in [-0.2, -0.15) is 0 Å². The minimum atomic E-state index is -0.408. The van der Waals surface area contributed by atoms with Gasteiger partial charge in [0, 0.05) is 51.1 Å². The zero-order valence-electron chi connectivity index (χ0n) is 14.6. The molecule has 3 heterocycles. The molecule has 0 unspecified atom stereocenters. The van der Waals surface area contributed by atoms with E-state index in [1.807, 2.05) is 0 Å². The third-order valence-corrected chi connectivity index (χ3v) is 4.83. The van der Waals surface area contributed by atoms with Crippen LogP contribution in [0.1, 0.15) is 31.4 Å². The Bertz CT molecular complexity index is 680. The summed E-state index contributed by atoms with van der Waals surface area (Å²) in [6, 6.07) is 1.81. The molecule has 1 N–H and O–H groups in total. The Hall–Kier alpha value is -2.57. The summed E-state index contributed by atoms with van der Waals surface area (Å²) in [5.41, 5.74) is 0.558. The van der Waals surface area contributed by atoms with Crippen molar-refractivity contribution >= 4 is 11.9 Å². The molecular weight excluding hydrogens is 316 g/mol. The topological polar surface area (TPSA) is 83.9 Å². The van der Waals surface area contributed by atoms with E-state index in [4.69, 9.17) is 0 Å². The van der Waals surface area contributed by atoms with Gasteiger partial charge in [0.15, 0.2) is 0 Å². The van der Waals surface area contributed by atoms with Crippen molar-refractivity contribution in [2.75, 3.05) is 25.0 Å². The summed E-state index contributed by atoms with van der Waals surface area (Å²) < 4.78 is 0. The fraction of sp³-hybridized carbons (Fsp3) is 0.500. The number of nitrogens with zero attached hydrogens (tertiary/aromatic N) is 5. The highest BCUT2D eigenvalue weighted by Gasteiger charge is 2.41. The van der Waals surface area contributed by atoms with E-state index in [0.29, 0.717) is 12.5 Å². The van der Waals surface area contributed by atoms with Crippen LogP contribution in [0.3, 0.4) is 0 Å². The molecule has 0 aliphatic carbocycles. The molecule has 3 rings (SSSR count).